The van der Waals surface area contributed by atoms with Gasteiger partial charge in [-0.1, -0.05) is 0 Å². The van der Waals surface area contributed by atoms with Gasteiger partial charge in [0.1, 0.15) is 18.2 Å². The summed E-state index contributed by atoms with van der Waals surface area (Å²) in [5.41, 5.74) is 1.04. The summed E-state index contributed by atoms with van der Waals surface area (Å²) in [6.45, 7) is 4.17. The van der Waals surface area contributed by atoms with Crippen molar-refractivity contribution in [2.24, 2.45) is 0 Å². The Labute approximate surface area is 122 Å². The molecule has 1 aromatic carbocycles. The minimum absolute atomic E-state index is 0.194. The highest BCUT2D eigenvalue weighted by atomic mass is 19.1. The molecule has 2 heterocycles. The van der Waals surface area contributed by atoms with Crippen LogP contribution < -0.4 is 4.90 Å². The number of aromatic nitrogens is 3. The van der Waals surface area contributed by atoms with Gasteiger partial charge < -0.3 is 4.90 Å². The van der Waals surface area contributed by atoms with E-state index in [4.69, 9.17) is 5.26 Å². The molecule has 2 aromatic rings. The molecule has 3 rings (SSSR count). The van der Waals surface area contributed by atoms with Crippen molar-refractivity contribution in [1.82, 2.24) is 19.7 Å². The molecule has 1 aliphatic rings. The summed E-state index contributed by atoms with van der Waals surface area (Å²) >= 11 is 0. The molecule has 0 unspecified atom stereocenters. The minimum Gasteiger partial charge on any atom is -0.369 e. The van der Waals surface area contributed by atoms with Crippen LogP contribution in [0.4, 0.5) is 10.1 Å². The van der Waals surface area contributed by atoms with Gasteiger partial charge in [-0.2, -0.15) is 5.26 Å². The number of hydrogen-bond donors (Lipinski definition) is 0. The highest BCUT2D eigenvalue weighted by Crippen LogP contribution is 2.17. The molecule has 0 N–H and O–H groups in total. The molecule has 0 spiro atoms. The fraction of sp³-hybridized carbons (Fsp3) is 0.357. The predicted molar refractivity (Wildman–Crippen MR) is 74.9 cm³/mol. The Bertz CT molecular complexity index is 636. The molecule has 21 heavy (non-hydrogen) atoms. The summed E-state index contributed by atoms with van der Waals surface area (Å²) in [6.07, 6.45) is 1.57. The third-order valence-electron chi connectivity index (χ3n) is 3.55. The number of hydrogen-bond acceptors (Lipinski definition) is 5. The van der Waals surface area contributed by atoms with Crippen LogP contribution in [0.2, 0.25) is 0 Å². The second kappa shape index (κ2) is 5.89. The average molecular weight is 286 g/mol. The summed E-state index contributed by atoms with van der Waals surface area (Å²) in [4.78, 5) is 8.37. The van der Waals surface area contributed by atoms with E-state index in [1.165, 1.54) is 12.1 Å². The third-order valence-corrected chi connectivity index (χ3v) is 3.55. The van der Waals surface area contributed by atoms with Crippen LogP contribution in [0.1, 0.15) is 5.82 Å². The van der Waals surface area contributed by atoms with Crippen molar-refractivity contribution >= 4 is 5.69 Å². The number of piperazine rings is 1. The average Bonchev–Trinajstić information content (AvgIpc) is 2.97. The molecule has 108 valence electrons. The molecule has 0 saturated carbocycles. The molecular formula is C14H15FN6. The molecule has 1 aliphatic heterocycles. The zero-order chi connectivity index (χ0) is 14.7. The second-order valence-corrected chi connectivity index (χ2v) is 4.94. The Balaban J connectivity index is 1.55. The van der Waals surface area contributed by atoms with Crippen molar-refractivity contribution < 1.29 is 4.39 Å². The Morgan fingerprint density at radius 2 is 1.86 bits per heavy atom. The first-order valence-electron chi connectivity index (χ1n) is 6.77. The van der Waals surface area contributed by atoms with Gasteiger partial charge in [-0.15, -0.1) is 5.10 Å². The van der Waals surface area contributed by atoms with Gasteiger partial charge in [0.2, 0.25) is 0 Å². The van der Waals surface area contributed by atoms with Crippen LogP contribution in [0.3, 0.4) is 0 Å². The van der Waals surface area contributed by atoms with E-state index in [0.717, 1.165) is 31.9 Å². The smallest absolute Gasteiger partial charge is 0.252 e. The monoisotopic (exact) mass is 286 g/mol. The molecular weight excluding hydrogens is 271 g/mol. The maximum Gasteiger partial charge on any atom is 0.252 e. The van der Waals surface area contributed by atoms with E-state index in [1.807, 2.05) is 18.2 Å². The van der Waals surface area contributed by atoms with Gasteiger partial charge in [0, 0.05) is 31.9 Å². The lowest BCUT2D eigenvalue weighted by atomic mass is 10.2. The van der Waals surface area contributed by atoms with E-state index in [1.54, 1.807) is 11.0 Å². The largest absolute Gasteiger partial charge is 0.369 e. The van der Waals surface area contributed by atoms with E-state index >= 15 is 0 Å². The summed E-state index contributed by atoms with van der Waals surface area (Å²) in [5.74, 6) is -0.0168. The Kier molecular flexibility index (Phi) is 3.79. The number of nitrogens with zero attached hydrogens (tertiary/aromatic N) is 6. The first-order valence-corrected chi connectivity index (χ1v) is 6.77. The van der Waals surface area contributed by atoms with E-state index in [2.05, 4.69) is 19.9 Å². The van der Waals surface area contributed by atoms with E-state index in [-0.39, 0.29) is 11.6 Å². The molecule has 6 nitrogen and oxygen atoms in total. The van der Waals surface area contributed by atoms with Gasteiger partial charge >= 0.3 is 0 Å². The lowest BCUT2D eigenvalue weighted by Crippen LogP contribution is -2.46. The Morgan fingerprint density at radius 1 is 1.14 bits per heavy atom. The zero-order valence-electron chi connectivity index (χ0n) is 11.5. The van der Waals surface area contributed by atoms with E-state index in [9.17, 15) is 4.39 Å². The molecule has 1 fully saturated rings. The standard InChI is InChI=1S/C14H15FN6/c15-12-1-3-13(4-2-12)20-7-5-19(6-8-20)11-21-10-17-14(9-16)18-21/h1-4,10H,5-8,11H2. The Hall–Kier alpha value is -2.46. The highest BCUT2D eigenvalue weighted by Gasteiger charge is 2.17. The number of nitriles is 1. The van der Waals surface area contributed by atoms with Crippen molar-refractivity contribution in [1.29, 1.82) is 5.26 Å². The molecule has 0 radical (unpaired) electrons. The number of benzene rings is 1. The van der Waals surface area contributed by atoms with Crippen LogP contribution in [0, 0.1) is 17.1 Å². The molecule has 0 amide bonds. The second-order valence-electron chi connectivity index (χ2n) is 4.94. The van der Waals surface area contributed by atoms with Gasteiger partial charge in [-0.3, -0.25) is 4.90 Å². The van der Waals surface area contributed by atoms with Crippen molar-refractivity contribution in [2.45, 2.75) is 6.67 Å². The Morgan fingerprint density at radius 3 is 2.48 bits per heavy atom. The number of halogens is 1. The minimum atomic E-state index is -0.211. The topological polar surface area (TPSA) is 61.0 Å². The van der Waals surface area contributed by atoms with Crippen LogP contribution in [-0.2, 0) is 6.67 Å². The quantitative estimate of drug-likeness (QED) is 0.844. The molecule has 7 heteroatoms. The van der Waals surface area contributed by atoms with Crippen molar-refractivity contribution in [3.63, 3.8) is 0 Å². The molecule has 1 aromatic heterocycles. The van der Waals surface area contributed by atoms with E-state index in [0.29, 0.717) is 6.67 Å². The number of rotatable bonds is 3. The molecule has 1 saturated heterocycles. The van der Waals surface area contributed by atoms with Crippen LogP contribution in [0.25, 0.3) is 0 Å². The maximum atomic E-state index is 12.9. The van der Waals surface area contributed by atoms with Gasteiger partial charge in [0.15, 0.2) is 0 Å². The van der Waals surface area contributed by atoms with Gasteiger partial charge in [-0.25, -0.2) is 14.1 Å². The highest BCUT2D eigenvalue weighted by molar-refractivity contribution is 5.46. The zero-order valence-corrected chi connectivity index (χ0v) is 11.5. The summed E-state index contributed by atoms with van der Waals surface area (Å²) in [7, 11) is 0. The van der Waals surface area contributed by atoms with Crippen molar-refractivity contribution in [3.8, 4) is 6.07 Å². The lowest BCUT2D eigenvalue weighted by molar-refractivity contribution is 0.195. The van der Waals surface area contributed by atoms with Crippen LogP contribution in [0.15, 0.2) is 30.6 Å². The first-order chi connectivity index (χ1) is 10.2. The summed E-state index contributed by atoms with van der Waals surface area (Å²) < 4.78 is 14.6. The fourth-order valence-corrected chi connectivity index (χ4v) is 2.42. The van der Waals surface area contributed by atoms with E-state index < -0.39 is 0 Å². The SMILES string of the molecule is N#Cc1ncn(CN2CCN(c3ccc(F)cc3)CC2)n1. The van der Waals surface area contributed by atoms with Crippen LogP contribution in [-0.4, -0.2) is 45.8 Å². The van der Waals surface area contributed by atoms with Crippen LogP contribution >= 0.6 is 0 Å². The predicted octanol–water partition coefficient (Wildman–Crippen LogP) is 1.07. The maximum absolute atomic E-state index is 12.9. The lowest BCUT2D eigenvalue weighted by Gasteiger charge is -2.35. The first kappa shape index (κ1) is 13.5. The molecule has 0 atom stereocenters. The van der Waals surface area contributed by atoms with Gasteiger partial charge in [0.05, 0.1) is 6.67 Å². The number of anilines is 1. The summed E-state index contributed by atoms with van der Waals surface area (Å²) in [5, 5.41) is 12.8. The van der Waals surface area contributed by atoms with Gasteiger partial charge in [0.25, 0.3) is 5.82 Å². The van der Waals surface area contributed by atoms with Crippen molar-refractivity contribution in [2.75, 3.05) is 31.1 Å². The van der Waals surface area contributed by atoms with Crippen LogP contribution in [0.5, 0.6) is 0 Å². The van der Waals surface area contributed by atoms with Gasteiger partial charge in [-0.05, 0) is 24.3 Å². The molecule has 0 bridgehead atoms. The molecule has 0 aliphatic carbocycles. The summed E-state index contributed by atoms with van der Waals surface area (Å²) in [6, 6.07) is 8.50. The normalized spacial score (nSPS) is 15.9. The third kappa shape index (κ3) is 3.17. The van der Waals surface area contributed by atoms with Crippen molar-refractivity contribution in [3.05, 3.63) is 42.2 Å². The fourth-order valence-electron chi connectivity index (χ4n) is 2.42.